The molecule has 0 aromatic carbocycles. The molecule has 6 heteroatoms. The zero-order valence-electron chi connectivity index (χ0n) is 13.9. The molecule has 1 saturated heterocycles. The van der Waals surface area contributed by atoms with Gasteiger partial charge in [0.05, 0.1) is 11.5 Å². The highest BCUT2D eigenvalue weighted by Gasteiger charge is 2.42. The molecule has 4 nitrogen and oxygen atoms in total. The summed E-state index contributed by atoms with van der Waals surface area (Å²) in [5.74, 6) is 1.07. The first-order valence-corrected chi connectivity index (χ1v) is 10.4. The van der Waals surface area contributed by atoms with E-state index in [9.17, 15) is 0 Å². The second-order valence-corrected chi connectivity index (χ2v) is 8.52. The monoisotopic (exact) mass is 369 g/mol. The Hall–Kier alpha value is -1.76. The van der Waals surface area contributed by atoms with E-state index in [1.165, 1.54) is 15.3 Å². The van der Waals surface area contributed by atoms with Gasteiger partial charge in [0.2, 0.25) is 0 Å². The summed E-state index contributed by atoms with van der Waals surface area (Å²) in [7, 11) is 0. The van der Waals surface area contributed by atoms with Crippen LogP contribution < -0.4 is 4.90 Å². The summed E-state index contributed by atoms with van der Waals surface area (Å²) in [4.78, 5) is 14.1. The van der Waals surface area contributed by atoms with E-state index in [2.05, 4.69) is 33.1 Å². The van der Waals surface area contributed by atoms with Crippen LogP contribution in [-0.2, 0) is 16.8 Å². The van der Waals surface area contributed by atoms with Gasteiger partial charge in [-0.1, -0.05) is 6.07 Å². The number of nitrogens with zero attached hydrogens (tertiary/aromatic N) is 3. The predicted octanol–water partition coefficient (Wildman–Crippen LogP) is 4.34. The Bertz CT molecular complexity index is 852. The summed E-state index contributed by atoms with van der Waals surface area (Å²) in [6.07, 6.45) is 6.82. The summed E-state index contributed by atoms with van der Waals surface area (Å²) in [5.41, 5.74) is 1.35. The number of aromatic nitrogens is 2. The Kier molecular flexibility index (Phi) is 3.84. The second kappa shape index (κ2) is 6.20. The van der Waals surface area contributed by atoms with E-state index in [1.807, 2.05) is 35.2 Å². The van der Waals surface area contributed by atoms with Crippen molar-refractivity contribution in [3.63, 3.8) is 0 Å². The molecule has 0 saturated carbocycles. The van der Waals surface area contributed by atoms with Gasteiger partial charge in [-0.25, -0.2) is 9.97 Å². The molecule has 5 rings (SSSR count). The zero-order valence-corrected chi connectivity index (χ0v) is 15.5. The molecular weight excluding hydrogens is 350 g/mol. The Morgan fingerprint density at radius 1 is 1.12 bits per heavy atom. The highest BCUT2D eigenvalue weighted by molar-refractivity contribution is 7.21. The second-order valence-electron chi connectivity index (χ2n) is 6.57. The van der Waals surface area contributed by atoms with Gasteiger partial charge in [-0.3, -0.25) is 0 Å². The van der Waals surface area contributed by atoms with Gasteiger partial charge in [-0.15, -0.1) is 22.7 Å². The van der Waals surface area contributed by atoms with Crippen LogP contribution in [0.25, 0.3) is 9.88 Å². The summed E-state index contributed by atoms with van der Waals surface area (Å²) < 4.78 is 6.39. The van der Waals surface area contributed by atoms with Crippen molar-refractivity contribution >= 4 is 28.5 Å². The van der Waals surface area contributed by atoms with Crippen LogP contribution in [0, 0.1) is 0 Å². The van der Waals surface area contributed by atoms with E-state index in [1.54, 1.807) is 11.3 Å². The quantitative estimate of drug-likeness (QED) is 0.674. The fraction of sp³-hybridized carbons (Fsp3) is 0.368. The molecule has 0 aliphatic carbocycles. The lowest BCUT2D eigenvalue weighted by atomic mass is 9.85. The zero-order chi connectivity index (χ0) is 16.7. The summed E-state index contributed by atoms with van der Waals surface area (Å²) in [6, 6.07) is 8.46. The van der Waals surface area contributed by atoms with E-state index in [4.69, 9.17) is 4.74 Å². The van der Waals surface area contributed by atoms with Gasteiger partial charge in [0.1, 0.15) is 16.4 Å². The van der Waals surface area contributed by atoms with E-state index in [-0.39, 0.29) is 5.60 Å². The van der Waals surface area contributed by atoms with Crippen LogP contribution in [0.15, 0.2) is 42.0 Å². The number of anilines is 1. The maximum absolute atomic E-state index is 6.39. The third kappa shape index (κ3) is 2.69. The van der Waals surface area contributed by atoms with Gasteiger partial charge < -0.3 is 9.64 Å². The largest absolute Gasteiger partial charge is 0.369 e. The third-order valence-corrected chi connectivity index (χ3v) is 7.47. The van der Waals surface area contributed by atoms with E-state index in [0.717, 1.165) is 49.8 Å². The molecule has 3 aromatic rings. The van der Waals surface area contributed by atoms with E-state index < -0.39 is 0 Å². The number of ether oxygens (including phenoxy) is 1. The fourth-order valence-corrected chi connectivity index (χ4v) is 6.00. The van der Waals surface area contributed by atoms with E-state index >= 15 is 0 Å². The smallest absolute Gasteiger partial charge is 0.133 e. The number of pyridine rings is 1. The molecule has 0 atom stereocenters. The highest BCUT2D eigenvalue weighted by atomic mass is 32.1. The van der Waals surface area contributed by atoms with E-state index in [0.29, 0.717) is 0 Å². The summed E-state index contributed by atoms with van der Waals surface area (Å²) in [6.45, 7) is 2.80. The number of hydrogen-bond acceptors (Lipinski definition) is 6. The molecule has 0 amide bonds. The van der Waals surface area contributed by atoms with Gasteiger partial charge in [-0.05, 0) is 43.0 Å². The molecule has 2 aliphatic heterocycles. The first-order valence-electron chi connectivity index (χ1n) is 8.67. The SMILES string of the molecule is c1ccc(N2CCC3(CC2)OCCc2cc(-c4nccs4)sc23)nc1. The van der Waals surface area contributed by atoms with Crippen LogP contribution in [0.5, 0.6) is 0 Å². The third-order valence-electron chi connectivity index (χ3n) is 5.16. The minimum absolute atomic E-state index is 0.112. The predicted molar refractivity (Wildman–Crippen MR) is 102 cm³/mol. The molecule has 3 aromatic heterocycles. The molecule has 1 spiro atoms. The molecular formula is C19H19N3OS2. The lowest BCUT2D eigenvalue weighted by Crippen LogP contribution is -2.46. The highest BCUT2D eigenvalue weighted by Crippen LogP contribution is 2.47. The van der Waals surface area contributed by atoms with Crippen molar-refractivity contribution in [1.29, 1.82) is 0 Å². The van der Waals surface area contributed by atoms with Crippen molar-refractivity contribution in [2.45, 2.75) is 24.9 Å². The molecule has 0 bridgehead atoms. The van der Waals surface area contributed by atoms with Gasteiger partial charge in [0, 0.05) is 35.7 Å². The fourth-order valence-electron chi connectivity index (χ4n) is 3.88. The van der Waals surface area contributed by atoms with Crippen LogP contribution in [0.2, 0.25) is 0 Å². The molecule has 5 heterocycles. The number of thiazole rings is 1. The molecule has 0 radical (unpaired) electrons. The lowest BCUT2D eigenvalue weighted by Gasteiger charge is -2.44. The van der Waals surface area contributed by atoms with Gasteiger partial charge >= 0.3 is 0 Å². The molecule has 128 valence electrons. The Balaban J connectivity index is 1.43. The maximum atomic E-state index is 6.39. The molecule has 0 unspecified atom stereocenters. The van der Waals surface area contributed by atoms with Crippen molar-refractivity contribution < 1.29 is 4.74 Å². The van der Waals surface area contributed by atoms with Crippen molar-refractivity contribution in [3.8, 4) is 9.88 Å². The number of rotatable bonds is 2. The number of thiophene rings is 1. The number of fused-ring (bicyclic) bond motifs is 2. The van der Waals surface area contributed by atoms with Gasteiger partial charge in [-0.2, -0.15) is 0 Å². The average Bonchev–Trinajstić information content (AvgIpc) is 3.33. The lowest BCUT2D eigenvalue weighted by molar-refractivity contribution is -0.0735. The van der Waals surface area contributed by atoms with Crippen molar-refractivity contribution in [3.05, 3.63) is 52.5 Å². The molecule has 2 aliphatic rings. The van der Waals surface area contributed by atoms with Crippen LogP contribution in [0.3, 0.4) is 0 Å². The van der Waals surface area contributed by atoms with Crippen molar-refractivity contribution in [2.75, 3.05) is 24.6 Å². The number of hydrogen-bond donors (Lipinski definition) is 0. The van der Waals surface area contributed by atoms with Gasteiger partial charge in [0.25, 0.3) is 0 Å². The molecule has 0 N–H and O–H groups in total. The normalized spacial score (nSPS) is 19.1. The van der Waals surface area contributed by atoms with Crippen LogP contribution >= 0.6 is 22.7 Å². The average molecular weight is 370 g/mol. The minimum atomic E-state index is -0.112. The summed E-state index contributed by atoms with van der Waals surface area (Å²) >= 11 is 3.60. The van der Waals surface area contributed by atoms with Gasteiger partial charge in [0.15, 0.2) is 0 Å². The summed E-state index contributed by atoms with van der Waals surface area (Å²) in [5, 5.41) is 3.17. The Labute approximate surface area is 155 Å². The van der Waals surface area contributed by atoms with Crippen molar-refractivity contribution in [1.82, 2.24) is 9.97 Å². The molecule has 1 fully saturated rings. The minimum Gasteiger partial charge on any atom is -0.369 e. The molecule has 25 heavy (non-hydrogen) atoms. The van der Waals surface area contributed by atoms with Crippen LogP contribution in [0.1, 0.15) is 23.3 Å². The standard InChI is InChI=1S/C19H19N3OS2/c1-2-7-20-16(3-1)22-9-5-19(6-10-22)17-14(4-11-23-19)13-15(25-17)18-21-8-12-24-18/h1-3,7-8,12-13H,4-6,9-11H2. The topological polar surface area (TPSA) is 38.2 Å². The first kappa shape index (κ1) is 15.5. The Morgan fingerprint density at radius 2 is 2.04 bits per heavy atom. The van der Waals surface area contributed by atoms with Crippen molar-refractivity contribution in [2.24, 2.45) is 0 Å². The first-order chi connectivity index (χ1) is 12.3. The number of piperidine rings is 1. The van der Waals surface area contributed by atoms with Crippen LogP contribution in [-0.4, -0.2) is 29.7 Å². The Morgan fingerprint density at radius 3 is 2.80 bits per heavy atom. The van der Waals surface area contributed by atoms with Crippen LogP contribution in [0.4, 0.5) is 5.82 Å². The maximum Gasteiger partial charge on any atom is 0.133 e.